The van der Waals surface area contributed by atoms with Crippen LogP contribution in [0.25, 0.3) is 0 Å². The molecule has 0 saturated carbocycles. The fourth-order valence-electron chi connectivity index (χ4n) is 1.71. The van der Waals surface area contributed by atoms with Crippen LogP contribution in [-0.4, -0.2) is 12.6 Å². The molecule has 0 N–H and O–H groups in total. The van der Waals surface area contributed by atoms with Crippen molar-refractivity contribution in [3.8, 4) is 35.5 Å². The summed E-state index contributed by atoms with van der Waals surface area (Å²) in [6.45, 7) is 2.25. The molecule has 0 heterocycles. The third kappa shape index (κ3) is 18.3. The van der Waals surface area contributed by atoms with Gasteiger partial charge in [0, 0.05) is 25.7 Å². The first-order valence-electron chi connectivity index (χ1n) is 8.16. The number of halogens is 1. The second kappa shape index (κ2) is 18.4. The maximum Gasteiger partial charge on any atom is 0.305 e. The normalized spacial score (nSPS) is 9.13. The van der Waals surface area contributed by atoms with Crippen molar-refractivity contribution in [3.63, 3.8) is 0 Å². The van der Waals surface area contributed by atoms with Gasteiger partial charge in [-0.05, 0) is 49.1 Å². The van der Waals surface area contributed by atoms with Gasteiger partial charge >= 0.3 is 5.97 Å². The van der Waals surface area contributed by atoms with Crippen molar-refractivity contribution < 1.29 is 9.53 Å². The van der Waals surface area contributed by atoms with Crippen molar-refractivity contribution >= 4 is 21.9 Å². The van der Waals surface area contributed by atoms with Crippen LogP contribution in [0.2, 0.25) is 0 Å². The Morgan fingerprint density at radius 1 is 0.957 bits per heavy atom. The molecule has 0 amide bonds. The summed E-state index contributed by atoms with van der Waals surface area (Å²) in [5.74, 6) is 17.6. The summed E-state index contributed by atoms with van der Waals surface area (Å²) in [7, 11) is 0. The molecule has 0 unspecified atom stereocenters. The molecule has 0 aromatic carbocycles. The summed E-state index contributed by atoms with van der Waals surface area (Å²) < 4.78 is 4.84. The largest absolute Gasteiger partial charge is 0.466 e. The Kier molecular flexibility index (Phi) is 17.1. The van der Waals surface area contributed by atoms with Crippen LogP contribution in [0.15, 0.2) is 11.1 Å². The van der Waals surface area contributed by atoms with E-state index in [-0.39, 0.29) is 5.97 Å². The maximum atomic E-state index is 11.1. The fraction of sp³-hybridized carbons (Fsp3) is 0.550. The number of hydrogen-bond donors (Lipinski definition) is 0. The predicted octanol–water partition coefficient (Wildman–Crippen LogP) is 4.98. The first-order valence-corrected chi connectivity index (χ1v) is 9.07. The zero-order valence-electron chi connectivity index (χ0n) is 13.9. The molecule has 2 nitrogen and oxygen atoms in total. The van der Waals surface area contributed by atoms with Gasteiger partial charge in [0.15, 0.2) is 0 Å². The lowest BCUT2D eigenvalue weighted by Crippen LogP contribution is -2.02. The van der Waals surface area contributed by atoms with E-state index in [0.717, 1.165) is 32.1 Å². The van der Waals surface area contributed by atoms with Crippen molar-refractivity contribution in [3.05, 3.63) is 11.1 Å². The fourth-order valence-corrected chi connectivity index (χ4v) is 1.84. The molecule has 0 aliphatic rings. The van der Waals surface area contributed by atoms with Crippen LogP contribution in [0.1, 0.15) is 64.7 Å². The van der Waals surface area contributed by atoms with Gasteiger partial charge in [0.1, 0.15) is 0 Å². The Hall–Kier alpha value is -1.63. The Labute approximate surface area is 149 Å². The Morgan fingerprint density at radius 3 is 2.17 bits per heavy atom. The Balaban J connectivity index is 3.45. The molecule has 0 aromatic heterocycles. The predicted molar refractivity (Wildman–Crippen MR) is 99.6 cm³/mol. The summed E-state index contributed by atoms with van der Waals surface area (Å²) in [5, 5.41) is 0. The molecule has 0 fully saturated rings. The summed E-state index contributed by atoms with van der Waals surface area (Å²) in [5.41, 5.74) is 0. The maximum absolute atomic E-state index is 11.1. The molecule has 124 valence electrons. The van der Waals surface area contributed by atoms with Crippen molar-refractivity contribution in [2.24, 2.45) is 0 Å². The molecule has 0 bridgehead atoms. The number of unbranched alkanes of at least 4 members (excludes halogenated alkanes) is 6. The van der Waals surface area contributed by atoms with E-state index in [9.17, 15) is 4.79 Å². The summed E-state index contributed by atoms with van der Waals surface area (Å²) in [6, 6.07) is 0. The zero-order valence-corrected chi connectivity index (χ0v) is 15.5. The lowest BCUT2D eigenvalue weighted by molar-refractivity contribution is -0.143. The standard InChI is InChI=1S/C20H25BrO2/c1-2-23-20(22)18-16-14-12-10-8-6-4-3-5-7-9-11-13-15-17-19-21/h17,19H,2-5,7,9,11,14,16,18H2,1H3. The first kappa shape index (κ1) is 21.4. The van der Waals surface area contributed by atoms with Gasteiger partial charge in [-0.3, -0.25) is 4.79 Å². The lowest BCUT2D eigenvalue weighted by Gasteiger charge is -1.97. The van der Waals surface area contributed by atoms with Crippen LogP contribution in [-0.2, 0) is 9.53 Å². The Morgan fingerprint density at radius 2 is 1.57 bits per heavy atom. The van der Waals surface area contributed by atoms with Gasteiger partial charge in [-0.15, -0.1) is 0 Å². The van der Waals surface area contributed by atoms with Crippen molar-refractivity contribution in [1.29, 1.82) is 0 Å². The highest BCUT2D eigenvalue weighted by Gasteiger charge is 1.98. The lowest BCUT2D eigenvalue weighted by atomic mass is 10.1. The van der Waals surface area contributed by atoms with Gasteiger partial charge in [0.25, 0.3) is 0 Å². The number of ether oxygens (including phenoxy) is 1. The minimum Gasteiger partial charge on any atom is -0.466 e. The highest BCUT2D eigenvalue weighted by molar-refractivity contribution is 9.11. The second-order valence-corrected chi connectivity index (χ2v) is 5.32. The van der Waals surface area contributed by atoms with Crippen LogP contribution in [0.4, 0.5) is 0 Å². The second-order valence-electron chi connectivity index (χ2n) is 4.79. The van der Waals surface area contributed by atoms with Crippen molar-refractivity contribution in [2.45, 2.75) is 64.7 Å². The molecule has 0 radical (unpaired) electrons. The molecule has 0 atom stereocenters. The molecule has 0 aliphatic carbocycles. The van der Waals surface area contributed by atoms with E-state index in [1.807, 2.05) is 6.92 Å². The molecular weight excluding hydrogens is 352 g/mol. The highest BCUT2D eigenvalue weighted by Crippen LogP contribution is 2.04. The van der Waals surface area contributed by atoms with Crippen LogP contribution in [0.3, 0.4) is 0 Å². The molecule has 23 heavy (non-hydrogen) atoms. The molecular formula is C20H25BrO2. The molecule has 0 aliphatic heterocycles. The van der Waals surface area contributed by atoms with Gasteiger partial charge in [0.2, 0.25) is 0 Å². The minimum absolute atomic E-state index is 0.147. The number of esters is 1. The molecule has 0 spiro atoms. The van der Waals surface area contributed by atoms with E-state index in [4.69, 9.17) is 4.74 Å². The smallest absolute Gasteiger partial charge is 0.305 e. The van der Waals surface area contributed by atoms with E-state index in [1.165, 1.54) is 12.8 Å². The van der Waals surface area contributed by atoms with Gasteiger partial charge in [-0.2, -0.15) is 0 Å². The monoisotopic (exact) mass is 376 g/mol. The average Bonchev–Trinajstić information content (AvgIpc) is 2.54. The number of hydrogen-bond acceptors (Lipinski definition) is 2. The van der Waals surface area contributed by atoms with E-state index in [1.54, 1.807) is 11.1 Å². The van der Waals surface area contributed by atoms with Crippen LogP contribution >= 0.6 is 15.9 Å². The summed E-state index contributed by atoms with van der Waals surface area (Å²) in [6.07, 6.45) is 10.2. The topological polar surface area (TPSA) is 26.3 Å². The van der Waals surface area contributed by atoms with E-state index < -0.39 is 0 Å². The van der Waals surface area contributed by atoms with Gasteiger partial charge in [-0.1, -0.05) is 52.5 Å². The van der Waals surface area contributed by atoms with Crippen molar-refractivity contribution in [2.75, 3.05) is 6.61 Å². The average molecular weight is 377 g/mol. The minimum atomic E-state index is -0.147. The van der Waals surface area contributed by atoms with Gasteiger partial charge in [0.05, 0.1) is 6.61 Å². The van der Waals surface area contributed by atoms with Gasteiger partial charge in [-0.25, -0.2) is 0 Å². The number of carbonyl (C=O) groups excluding carboxylic acids is 1. The van der Waals surface area contributed by atoms with Crippen LogP contribution < -0.4 is 0 Å². The SMILES string of the molecule is CCOC(=O)CCCC#CC#CCCCCCCC#CC=CBr. The van der Waals surface area contributed by atoms with E-state index in [0.29, 0.717) is 19.4 Å². The molecule has 0 saturated heterocycles. The first-order chi connectivity index (χ1) is 11.3. The molecule has 0 aromatic rings. The van der Waals surface area contributed by atoms with E-state index in [2.05, 4.69) is 51.5 Å². The summed E-state index contributed by atoms with van der Waals surface area (Å²) in [4.78, 5) is 12.8. The quantitative estimate of drug-likeness (QED) is 0.322. The van der Waals surface area contributed by atoms with Crippen molar-refractivity contribution in [1.82, 2.24) is 0 Å². The number of carbonyl (C=O) groups is 1. The van der Waals surface area contributed by atoms with E-state index >= 15 is 0 Å². The Bertz CT molecular complexity index is 515. The number of allylic oxidation sites excluding steroid dienone is 1. The molecule has 0 rings (SSSR count). The zero-order chi connectivity index (χ0) is 17.0. The summed E-state index contributed by atoms with van der Waals surface area (Å²) >= 11 is 3.18. The number of rotatable bonds is 9. The highest BCUT2D eigenvalue weighted by atomic mass is 79.9. The van der Waals surface area contributed by atoms with Crippen LogP contribution in [0.5, 0.6) is 0 Å². The molecule has 3 heteroatoms. The third-order valence-corrected chi connectivity index (χ3v) is 3.09. The third-order valence-electron chi connectivity index (χ3n) is 2.83. The van der Waals surface area contributed by atoms with Crippen LogP contribution in [0, 0.1) is 35.5 Å². The van der Waals surface area contributed by atoms with Gasteiger partial charge < -0.3 is 4.74 Å².